The number of carbonyl (C=O) groups is 1. The number of hydrogen-bond acceptors (Lipinski definition) is 3. The van der Waals surface area contributed by atoms with E-state index in [1.165, 1.54) is 32.1 Å². The second kappa shape index (κ2) is 9.46. The van der Waals surface area contributed by atoms with Crippen LogP contribution in [0.25, 0.3) is 11.1 Å². The summed E-state index contributed by atoms with van der Waals surface area (Å²) in [7, 11) is 0. The van der Waals surface area contributed by atoms with Crippen molar-refractivity contribution in [2.45, 2.75) is 64.8 Å². The topological polar surface area (TPSA) is 68.0 Å². The molecular weight excluding hydrogens is 386 g/mol. The number of hydrogen-bond donors (Lipinski definition) is 1. The maximum absolute atomic E-state index is 11.5. The minimum atomic E-state index is -0.906. The van der Waals surface area contributed by atoms with E-state index >= 15 is 0 Å². The van der Waals surface area contributed by atoms with Crippen molar-refractivity contribution in [2.75, 3.05) is 0 Å². The van der Waals surface area contributed by atoms with E-state index in [4.69, 9.17) is 10.1 Å². The minimum Gasteiger partial charge on any atom is -0.478 e. The van der Waals surface area contributed by atoms with Gasteiger partial charge in [-0.05, 0) is 41.5 Å². The second-order valence-corrected chi connectivity index (χ2v) is 9.02. The number of carboxylic acids is 1. The van der Waals surface area contributed by atoms with Gasteiger partial charge in [-0.2, -0.15) is 5.10 Å². The summed E-state index contributed by atoms with van der Waals surface area (Å²) in [6, 6.07) is 15.3. The van der Waals surface area contributed by atoms with Crippen LogP contribution in [0.15, 0.2) is 48.5 Å². The molecule has 0 amide bonds. The Hall–Kier alpha value is -2.95. The third-order valence-electron chi connectivity index (χ3n) is 6.06. The van der Waals surface area contributed by atoms with Gasteiger partial charge in [0.2, 0.25) is 0 Å². The first kappa shape index (κ1) is 21.3. The molecule has 1 heterocycles. The highest BCUT2D eigenvalue weighted by Gasteiger charge is 2.22. The summed E-state index contributed by atoms with van der Waals surface area (Å²) in [4.78, 5) is 16.5. The van der Waals surface area contributed by atoms with Crippen LogP contribution in [0.3, 0.4) is 0 Å². The van der Waals surface area contributed by atoms with Crippen molar-refractivity contribution in [1.82, 2.24) is 14.8 Å². The highest BCUT2D eigenvalue weighted by molar-refractivity contribution is 5.95. The van der Waals surface area contributed by atoms with Crippen LogP contribution in [0, 0.1) is 5.92 Å². The molecule has 2 aromatic carbocycles. The van der Waals surface area contributed by atoms with Crippen molar-refractivity contribution in [3.63, 3.8) is 0 Å². The standard InChI is InChI=1S/C26H31N3O2/c1-18(2)17-29-24(27-25(28-29)21-8-4-3-5-9-21)16-19-12-14-20(15-13-19)22-10-6-7-11-23(22)26(30)31/h6-7,10-15,18,21H,3-5,8-9,16-17H2,1-2H3,(H,30,31). The Kier molecular flexibility index (Phi) is 6.50. The molecule has 0 unspecified atom stereocenters. The molecule has 4 rings (SSSR count). The van der Waals surface area contributed by atoms with Crippen molar-refractivity contribution < 1.29 is 9.90 Å². The zero-order valence-corrected chi connectivity index (χ0v) is 18.4. The van der Waals surface area contributed by atoms with Gasteiger partial charge in [-0.15, -0.1) is 0 Å². The molecule has 0 aliphatic heterocycles. The van der Waals surface area contributed by atoms with E-state index in [-0.39, 0.29) is 0 Å². The van der Waals surface area contributed by atoms with Gasteiger partial charge >= 0.3 is 5.97 Å². The van der Waals surface area contributed by atoms with Crippen LogP contribution < -0.4 is 0 Å². The van der Waals surface area contributed by atoms with Gasteiger partial charge in [0.1, 0.15) is 5.82 Å². The van der Waals surface area contributed by atoms with Gasteiger partial charge in [0.25, 0.3) is 0 Å². The van der Waals surface area contributed by atoms with E-state index in [0.717, 1.165) is 41.3 Å². The molecule has 0 bridgehead atoms. The maximum Gasteiger partial charge on any atom is 0.336 e. The molecule has 31 heavy (non-hydrogen) atoms. The number of benzene rings is 2. The van der Waals surface area contributed by atoms with E-state index in [9.17, 15) is 9.90 Å². The lowest BCUT2D eigenvalue weighted by atomic mass is 9.89. The van der Waals surface area contributed by atoms with E-state index in [1.807, 2.05) is 24.3 Å². The Morgan fingerprint density at radius 2 is 1.77 bits per heavy atom. The van der Waals surface area contributed by atoms with Gasteiger partial charge in [0.05, 0.1) is 5.56 Å². The highest BCUT2D eigenvalue weighted by atomic mass is 16.4. The molecule has 3 aromatic rings. The Labute approximate surface area is 184 Å². The summed E-state index contributed by atoms with van der Waals surface area (Å²) in [5.74, 6) is 2.14. The van der Waals surface area contributed by atoms with Gasteiger partial charge in [-0.25, -0.2) is 14.5 Å². The van der Waals surface area contributed by atoms with E-state index in [2.05, 4.69) is 30.7 Å². The zero-order chi connectivity index (χ0) is 21.8. The van der Waals surface area contributed by atoms with Gasteiger partial charge in [-0.3, -0.25) is 0 Å². The molecule has 1 saturated carbocycles. The lowest BCUT2D eigenvalue weighted by molar-refractivity contribution is 0.0697. The predicted molar refractivity (Wildman–Crippen MR) is 122 cm³/mol. The molecule has 5 heteroatoms. The van der Waals surface area contributed by atoms with Crippen LogP contribution in [-0.2, 0) is 13.0 Å². The molecule has 1 aliphatic rings. The lowest BCUT2D eigenvalue weighted by Crippen LogP contribution is -2.11. The summed E-state index contributed by atoms with van der Waals surface area (Å²) in [5, 5.41) is 14.4. The molecule has 1 aromatic heterocycles. The van der Waals surface area contributed by atoms with Gasteiger partial charge < -0.3 is 5.11 Å². The van der Waals surface area contributed by atoms with Crippen molar-refractivity contribution in [3.05, 3.63) is 71.3 Å². The van der Waals surface area contributed by atoms with Crippen molar-refractivity contribution in [2.24, 2.45) is 5.92 Å². The quantitative estimate of drug-likeness (QED) is 0.517. The first-order valence-electron chi connectivity index (χ1n) is 11.4. The van der Waals surface area contributed by atoms with Crippen LogP contribution in [0.1, 0.15) is 79.4 Å². The van der Waals surface area contributed by atoms with E-state index in [1.54, 1.807) is 12.1 Å². The third-order valence-corrected chi connectivity index (χ3v) is 6.06. The van der Waals surface area contributed by atoms with Gasteiger partial charge in [0, 0.05) is 18.9 Å². The summed E-state index contributed by atoms with van der Waals surface area (Å²) in [6.45, 7) is 5.29. The van der Waals surface area contributed by atoms with Crippen molar-refractivity contribution in [1.29, 1.82) is 0 Å². The summed E-state index contributed by atoms with van der Waals surface area (Å²) < 4.78 is 2.10. The molecular formula is C26H31N3O2. The van der Waals surface area contributed by atoms with Crippen LogP contribution in [0.5, 0.6) is 0 Å². The first-order valence-corrected chi connectivity index (χ1v) is 11.4. The smallest absolute Gasteiger partial charge is 0.336 e. The van der Waals surface area contributed by atoms with Gasteiger partial charge in [-0.1, -0.05) is 75.6 Å². The van der Waals surface area contributed by atoms with Crippen molar-refractivity contribution in [3.8, 4) is 11.1 Å². The Morgan fingerprint density at radius 3 is 2.45 bits per heavy atom. The van der Waals surface area contributed by atoms with Crippen LogP contribution in [0.2, 0.25) is 0 Å². The Bertz CT molecular complexity index is 1030. The molecule has 5 nitrogen and oxygen atoms in total. The molecule has 0 radical (unpaired) electrons. The number of carboxylic acid groups (broad SMARTS) is 1. The zero-order valence-electron chi connectivity index (χ0n) is 18.4. The van der Waals surface area contributed by atoms with E-state index in [0.29, 0.717) is 17.4 Å². The average Bonchev–Trinajstić information content (AvgIpc) is 3.16. The first-order chi connectivity index (χ1) is 15.0. The average molecular weight is 418 g/mol. The predicted octanol–water partition coefficient (Wildman–Crippen LogP) is 5.94. The SMILES string of the molecule is CC(C)Cn1nc(C2CCCCC2)nc1Cc1ccc(-c2ccccc2C(=O)O)cc1. The van der Waals surface area contributed by atoms with Gasteiger partial charge in [0.15, 0.2) is 5.82 Å². The number of aromatic nitrogens is 3. The molecule has 1 fully saturated rings. The van der Waals surface area contributed by atoms with Crippen LogP contribution in [0.4, 0.5) is 0 Å². The molecule has 0 atom stereocenters. The summed E-state index contributed by atoms with van der Waals surface area (Å²) >= 11 is 0. The Balaban J connectivity index is 1.57. The fourth-order valence-corrected chi connectivity index (χ4v) is 4.46. The fraction of sp³-hybridized carbons (Fsp3) is 0.423. The highest BCUT2D eigenvalue weighted by Crippen LogP contribution is 2.31. The monoisotopic (exact) mass is 417 g/mol. The second-order valence-electron chi connectivity index (χ2n) is 9.02. The fourth-order valence-electron chi connectivity index (χ4n) is 4.46. The van der Waals surface area contributed by atoms with E-state index < -0.39 is 5.97 Å². The number of rotatable bonds is 7. The molecule has 1 N–H and O–H groups in total. The summed E-state index contributed by atoms with van der Waals surface area (Å²) in [5.41, 5.74) is 3.13. The number of nitrogens with zero attached hydrogens (tertiary/aromatic N) is 3. The third kappa shape index (κ3) is 5.04. The van der Waals surface area contributed by atoms with Crippen molar-refractivity contribution >= 4 is 5.97 Å². The molecule has 0 spiro atoms. The maximum atomic E-state index is 11.5. The normalized spacial score (nSPS) is 14.8. The largest absolute Gasteiger partial charge is 0.478 e. The summed E-state index contributed by atoms with van der Waals surface area (Å²) in [6.07, 6.45) is 7.00. The minimum absolute atomic E-state index is 0.323. The van der Waals surface area contributed by atoms with Crippen LogP contribution >= 0.6 is 0 Å². The molecule has 162 valence electrons. The Morgan fingerprint density at radius 1 is 1.06 bits per heavy atom. The molecule has 1 aliphatic carbocycles. The molecule has 0 saturated heterocycles. The number of aromatic carboxylic acids is 1. The van der Waals surface area contributed by atoms with Crippen LogP contribution in [-0.4, -0.2) is 25.8 Å². The lowest BCUT2D eigenvalue weighted by Gasteiger charge is -2.18.